The summed E-state index contributed by atoms with van der Waals surface area (Å²) in [7, 11) is 1.65. The van der Waals surface area contributed by atoms with Crippen LogP contribution in [0.3, 0.4) is 0 Å². The number of rotatable bonds is 2. The molecule has 6 heteroatoms. The third-order valence-corrected chi connectivity index (χ3v) is 4.12. The largest absolute Gasteiger partial charge is 0.339 e. The first-order valence-corrected chi connectivity index (χ1v) is 7.37. The van der Waals surface area contributed by atoms with Crippen LogP contribution in [0.5, 0.6) is 0 Å². The molecule has 22 heavy (non-hydrogen) atoms. The number of likely N-dealkylation sites (tertiary alicyclic amines) is 1. The first kappa shape index (κ1) is 14.4. The number of hydrogen-bond acceptors (Lipinski definition) is 4. The van der Waals surface area contributed by atoms with Crippen molar-refractivity contribution in [1.82, 2.24) is 19.4 Å². The first-order valence-electron chi connectivity index (χ1n) is 7.37. The number of carbonyl (C=O) groups is 1. The third kappa shape index (κ3) is 2.90. The maximum atomic E-state index is 12.5. The number of amides is 1. The highest BCUT2D eigenvalue weighted by atomic mass is 16.2. The van der Waals surface area contributed by atoms with Gasteiger partial charge >= 0.3 is 0 Å². The molecule has 1 aliphatic rings. The predicted molar refractivity (Wildman–Crippen MR) is 81.6 cm³/mol. The maximum absolute atomic E-state index is 12.5. The van der Waals surface area contributed by atoms with Crippen LogP contribution in [-0.2, 0) is 7.05 Å². The predicted octanol–water partition coefficient (Wildman–Crippen LogP) is 1.20. The highest BCUT2D eigenvalue weighted by Gasteiger charge is 2.25. The molecule has 0 unspecified atom stereocenters. The number of aromatic nitrogens is 3. The van der Waals surface area contributed by atoms with Gasteiger partial charge in [0.15, 0.2) is 0 Å². The van der Waals surface area contributed by atoms with Crippen molar-refractivity contribution < 1.29 is 4.79 Å². The highest BCUT2D eigenvalue weighted by Crippen LogP contribution is 2.26. The molecule has 2 aromatic heterocycles. The van der Waals surface area contributed by atoms with Gasteiger partial charge in [-0.2, -0.15) is 0 Å². The zero-order chi connectivity index (χ0) is 15.5. The van der Waals surface area contributed by atoms with E-state index in [0.29, 0.717) is 24.6 Å². The molecule has 0 spiro atoms. The van der Waals surface area contributed by atoms with Crippen LogP contribution in [0.2, 0.25) is 0 Å². The zero-order valence-electron chi connectivity index (χ0n) is 12.5. The molecule has 1 fully saturated rings. The molecule has 0 radical (unpaired) electrons. The fraction of sp³-hybridized carbons (Fsp3) is 0.375. The normalized spacial score (nSPS) is 15.8. The smallest absolute Gasteiger partial charge is 0.255 e. The zero-order valence-corrected chi connectivity index (χ0v) is 12.5. The van der Waals surface area contributed by atoms with Crippen molar-refractivity contribution in [1.29, 1.82) is 0 Å². The minimum atomic E-state index is -0.113. The molecule has 6 nitrogen and oxygen atoms in total. The molecule has 1 saturated heterocycles. The van der Waals surface area contributed by atoms with E-state index in [1.54, 1.807) is 37.9 Å². The Labute approximate surface area is 128 Å². The van der Waals surface area contributed by atoms with Crippen LogP contribution >= 0.6 is 0 Å². The van der Waals surface area contributed by atoms with E-state index < -0.39 is 0 Å². The Morgan fingerprint density at radius 3 is 2.64 bits per heavy atom. The van der Waals surface area contributed by atoms with Gasteiger partial charge in [-0.3, -0.25) is 19.6 Å². The molecule has 2 aromatic rings. The van der Waals surface area contributed by atoms with E-state index in [4.69, 9.17) is 0 Å². The lowest BCUT2D eigenvalue weighted by atomic mass is 9.93. The summed E-state index contributed by atoms with van der Waals surface area (Å²) in [6, 6.07) is 3.03. The summed E-state index contributed by atoms with van der Waals surface area (Å²) in [5.41, 5.74) is 1.44. The molecular formula is C16H18N4O2. The van der Waals surface area contributed by atoms with Gasteiger partial charge in [0.05, 0.1) is 11.3 Å². The van der Waals surface area contributed by atoms with E-state index in [-0.39, 0.29) is 11.5 Å². The fourth-order valence-corrected chi connectivity index (χ4v) is 2.80. The number of piperidine rings is 1. The van der Waals surface area contributed by atoms with E-state index in [9.17, 15) is 9.59 Å². The van der Waals surface area contributed by atoms with E-state index in [2.05, 4.69) is 9.97 Å². The van der Waals surface area contributed by atoms with Gasteiger partial charge in [-0.05, 0) is 18.9 Å². The highest BCUT2D eigenvalue weighted by molar-refractivity contribution is 5.93. The molecule has 3 rings (SSSR count). The summed E-state index contributed by atoms with van der Waals surface area (Å²) >= 11 is 0. The van der Waals surface area contributed by atoms with E-state index in [1.807, 2.05) is 4.90 Å². The Hall–Kier alpha value is -2.50. The first-order chi connectivity index (χ1) is 10.6. The molecule has 0 saturated carbocycles. The van der Waals surface area contributed by atoms with Crippen molar-refractivity contribution in [3.05, 3.63) is 58.5 Å². The Kier molecular flexibility index (Phi) is 4.00. The number of pyridine rings is 1. The number of aryl methyl sites for hydroxylation is 1. The molecule has 114 valence electrons. The quantitative estimate of drug-likeness (QED) is 0.835. The van der Waals surface area contributed by atoms with Crippen molar-refractivity contribution >= 4 is 5.91 Å². The Morgan fingerprint density at radius 2 is 2.00 bits per heavy atom. The van der Waals surface area contributed by atoms with Crippen molar-refractivity contribution in [2.24, 2.45) is 7.05 Å². The molecule has 0 atom stereocenters. The summed E-state index contributed by atoms with van der Waals surface area (Å²) in [4.78, 5) is 34.2. The van der Waals surface area contributed by atoms with Gasteiger partial charge in [-0.1, -0.05) is 0 Å². The molecule has 0 aliphatic carbocycles. The Balaban J connectivity index is 1.67. The fourth-order valence-electron chi connectivity index (χ4n) is 2.80. The van der Waals surface area contributed by atoms with Crippen molar-refractivity contribution in [2.75, 3.05) is 13.1 Å². The van der Waals surface area contributed by atoms with Crippen LogP contribution in [0.15, 0.2) is 41.7 Å². The minimum absolute atomic E-state index is 0.0202. The lowest BCUT2D eigenvalue weighted by Crippen LogP contribution is -2.38. The molecule has 0 aromatic carbocycles. The standard InChI is InChI=1S/C16H18N4O2/c1-19-11-13(2-3-15(19)21)16(22)20-8-4-12(5-9-20)14-10-17-6-7-18-14/h2-3,6-7,10-12H,4-5,8-9H2,1H3. The second kappa shape index (κ2) is 6.09. The van der Waals surface area contributed by atoms with Crippen molar-refractivity contribution in [3.63, 3.8) is 0 Å². The lowest BCUT2D eigenvalue weighted by molar-refractivity contribution is 0.0711. The summed E-state index contributed by atoms with van der Waals surface area (Å²) in [6.07, 6.45) is 8.54. The molecular weight excluding hydrogens is 280 g/mol. The maximum Gasteiger partial charge on any atom is 0.255 e. The SMILES string of the molecule is Cn1cc(C(=O)N2CCC(c3cnccn3)CC2)ccc1=O. The van der Waals surface area contributed by atoms with Crippen LogP contribution in [0.4, 0.5) is 0 Å². The van der Waals surface area contributed by atoms with Crippen LogP contribution in [0.1, 0.15) is 34.8 Å². The topological polar surface area (TPSA) is 68.1 Å². The second-order valence-electron chi connectivity index (χ2n) is 5.56. The van der Waals surface area contributed by atoms with Gasteiger partial charge in [0.1, 0.15) is 0 Å². The average Bonchev–Trinajstić information content (AvgIpc) is 2.58. The number of carbonyl (C=O) groups excluding carboxylic acids is 1. The van der Waals surface area contributed by atoms with Gasteiger partial charge in [0, 0.05) is 56.9 Å². The van der Waals surface area contributed by atoms with E-state index in [0.717, 1.165) is 18.5 Å². The Bertz CT molecular complexity index is 718. The van der Waals surface area contributed by atoms with Crippen LogP contribution in [0.25, 0.3) is 0 Å². The van der Waals surface area contributed by atoms with Crippen LogP contribution in [-0.4, -0.2) is 38.4 Å². The summed E-state index contributed by atoms with van der Waals surface area (Å²) in [5.74, 6) is 0.339. The molecule has 3 heterocycles. The van der Waals surface area contributed by atoms with Crippen molar-refractivity contribution in [2.45, 2.75) is 18.8 Å². The van der Waals surface area contributed by atoms with Crippen LogP contribution < -0.4 is 5.56 Å². The van der Waals surface area contributed by atoms with Gasteiger partial charge < -0.3 is 9.47 Å². The second-order valence-corrected chi connectivity index (χ2v) is 5.56. The summed E-state index contributed by atoms with van der Waals surface area (Å²) in [5, 5.41) is 0. The van der Waals surface area contributed by atoms with Crippen molar-refractivity contribution in [3.8, 4) is 0 Å². The summed E-state index contributed by atoms with van der Waals surface area (Å²) < 4.78 is 1.43. The van der Waals surface area contributed by atoms with Crippen LogP contribution in [0, 0.1) is 0 Å². The molecule has 0 N–H and O–H groups in total. The van der Waals surface area contributed by atoms with Gasteiger partial charge in [-0.15, -0.1) is 0 Å². The van der Waals surface area contributed by atoms with Gasteiger partial charge in [0.25, 0.3) is 5.91 Å². The van der Waals surface area contributed by atoms with Gasteiger partial charge in [0.2, 0.25) is 5.56 Å². The number of hydrogen-bond donors (Lipinski definition) is 0. The molecule has 1 aliphatic heterocycles. The third-order valence-electron chi connectivity index (χ3n) is 4.12. The lowest BCUT2D eigenvalue weighted by Gasteiger charge is -2.31. The Morgan fingerprint density at radius 1 is 1.23 bits per heavy atom. The van der Waals surface area contributed by atoms with E-state index in [1.165, 1.54) is 10.6 Å². The summed E-state index contributed by atoms with van der Waals surface area (Å²) in [6.45, 7) is 1.39. The monoisotopic (exact) mass is 298 g/mol. The molecule has 1 amide bonds. The molecule has 0 bridgehead atoms. The minimum Gasteiger partial charge on any atom is -0.339 e. The average molecular weight is 298 g/mol. The van der Waals surface area contributed by atoms with Gasteiger partial charge in [-0.25, -0.2) is 0 Å². The van der Waals surface area contributed by atoms with E-state index >= 15 is 0 Å². The number of nitrogens with zero attached hydrogens (tertiary/aromatic N) is 4.